The predicted molar refractivity (Wildman–Crippen MR) is 64.8 cm³/mol. The molecule has 0 fully saturated rings. The lowest BCUT2D eigenvalue weighted by molar-refractivity contribution is -0.140. The van der Waals surface area contributed by atoms with Crippen molar-refractivity contribution in [1.29, 1.82) is 0 Å². The van der Waals surface area contributed by atoms with Crippen molar-refractivity contribution < 1.29 is 24.3 Å². The predicted octanol–water partition coefficient (Wildman–Crippen LogP) is -1.73. The van der Waals surface area contributed by atoms with Crippen LogP contribution in [0.15, 0.2) is 0 Å². The molecular formula is C10H18N4O5. The number of rotatable bonds is 7. The third-order valence-corrected chi connectivity index (χ3v) is 2.08. The number of hydrogen-bond acceptors (Lipinski definition) is 4. The molecule has 0 spiro atoms. The molecule has 108 valence electrons. The molecule has 0 radical (unpaired) electrons. The van der Waals surface area contributed by atoms with Crippen LogP contribution < -0.4 is 22.1 Å². The second kappa shape index (κ2) is 6.57. The van der Waals surface area contributed by atoms with Crippen LogP contribution in [0.5, 0.6) is 0 Å². The molecular weight excluding hydrogens is 256 g/mol. The highest BCUT2D eigenvalue weighted by molar-refractivity contribution is 5.88. The maximum atomic E-state index is 11.5. The summed E-state index contributed by atoms with van der Waals surface area (Å²) in [7, 11) is 0. The summed E-state index contributed by atoms with van der Waals surface area (Å²) < 4.78 is 0. The third-order valence-electron chi connectivity index (χ3n) is 2.08. The van der Waals surface area contributed by atoms with Crippen molar-refractivity contribution in [3.05, 3.63) is 0 Å². The minimum Gasteiger partial charge on any atom is -0.480 e. The molecule has 0 aliphatic heterocycles. The van der Waals surface area contributed by atoms with Gasteiger partial charge in [0.25, 0.3) is 0 Å². The number of carboxylic acid groups (broad SMARTS) is 1. The fourth-order valence-electron chi connectivity index (χ4n) is 1.38. The van der Waals surface area contributed by atoms with Crippen LogP contribution in [0.25, 0.3) is 0 Å². The number of carbonyl (C=O) groups excluding carboxylic acids is 3. The van der Waals surface area contributed by atoms with E-state index in [-0.39, 0.29) is 6.42 Å². The van der Waals surface area contributed by atoms with Gasteiger partial charge in [0.1, 0.15) is 6.04 Å². The Labute approximate surface area is 109 Å². The SMILES string of the molecule is CC(C)(CC(N)=O)NC(=O)N[C@H](CC(N)=O)C(=O)O. The first-order valence-electron chi connectivity index (χ1n) is 5.41. The van der Waals surface area contributed by atoms with Crippen molar-refractivity contribution in [2.75, 3.05) is 0 Å². The zero-order valence-corrected chi connectivity index (χ0v) is 10.7. The molecule has 0 unspecified atom stereocenters. The van der Waals surface area contributed by atoms with Gasteiger partial charge >= 0.3 is 12.0 Å². The maximum Gasteiger partial charge on any atom is 0.326 e. The van der Waals surface area contributed by atoms with Crippen molar-refractivity contribution in [3.63, 3.8) is 0 Å². The van der Waals surface area contributed by atoms with Crippen LogP contribution in [0.1, 0.15) is 26.7 Å². The number of aliphatic carboxylic acids is 1. The van der Waals surface area contributed by atoms with Crippen molar-refractivity contribution in [1.82, 2.24) is 10.6 Å². The first kappa shape index (κ1) is 16.7. The highest BCUT2D eigenvalue weighted by Crippen LogP contribution is 2.07. The molecule has 0 aromatic rings. The van der Waals surface area contributed by atoms with Gasteiger partial charge in [-0.3, -0.25) is 9.59 Å². The summed E-state index contributed by atoms with van der Waals surface area (Å²) in [6, 6.07) is -2.26. The molecule has 9 nitrogen and oxygen atoms in total. The molecule has 0 aromatic carbocycles. The van der Waals surface area contributed by atoms with Gasteiger partial charge in [-0.15, -0.1) is 0 Å². The Hall–Kier alpha value is -2.32. The van der Waals surface area contributed by atoms with Gasteiger partial charge in [-0.25, -0.2) is 9.59 Å². The number of nitrogens with two attached hydrogens (primary N) is 2. The van der Waals surface area contributed by atoms with Crippen LogP contribution in [0.4, 0.5) is 4.79 Å². The van der Waals surface area contributed by atoms with E-state index < -0.39 is 41.8 Å². The standard InChI is InChI=1S/C10H18N4O5/c1-10(2,4-7(12)16)14-9(19)13-5(8(17)18)3-6(11)15/h5H,3-4H2,1-2H3,(H2,11,15)(H2,12,16)(H,17,18)(H2,13,14,19)/t5-/m1/s1. The summed E-state index contributed by atoms with van der Waals surface area (Å²) in [4.78, 5) is 43.8. The molecule has 7 N–H and O–H groups in total. The molecule has 0 saturated heterocycles. The van der Waals surface area contributed by atoms with Crippen LogP contribution in [-0.4, -0.2) is 40.5 Å². The Balaban J connectivity index is 4.53. The number of nitrogens with one attached hydrogen (secondary N) is 2. The average molecular weight is 274 g/mol. The minimum atomic E-state index is -1.43. The fraction of sp³-hybridized carbons (Fsp3) is 0.600. The molecule has 1 atom stereocenters. The highest BCUT2D eigenvalue weighted by Gasteiger charge is 2.26. The molecule has 0 rings (SSSR count). The quantitative estimate of drug-likeness (QED) is 0.371. The highest BCUT2D eigenvalue weighted by atomic mass is 16.4. The Morgan fingerprint density at radius 2 is 1.68 bits per heavy atom. The van der Waals surface area contributed by atoms with Crippen molar-refractivity contribution in [2.24, 2.45) is 11.5 Å². The van der Waals surface area contributed by atoms with Gasteiger partial charge in [0.15, 0.2) is 0 Å². The van der Waals surface area contributed by atoms with Gasteiger partial charge in [0, 0.05) is 12.0 Å². The number of urea groups is 1. The fourth-order valence-corrected chi connectivity index (χ4v) is 1.38. The summed E-state index contributed by atoms with van der Waals surface area (Å²) in [5.41, 5.74) is 8.93. The summed E-state index contributed by atoms with van der Waals surface area (Å²) in [5.74, 6) is -2.86. The summed E-state index contributed by atoms with van der Waals surface area (Å²) in [5, 5.41) is 13.2. The number of primary amides is 2. The molecule has 0 aliphatic carbocycles. The number of hydrogen-bond donors (Lipinski definition) is 5. The molecule has 0 bridgehead atoms. The molecule has 0 heterocycles. The number of carboxylic acids is 1. The van der Waals surface area contributed by atoms with E-state index in [9.17, 15) is 19.2 Å². The second-order valence-corrected chi connectivity index (χ2v) is 4.69. The van der Waals surface area contributed by atoms with Gasteiger partial charge in [-0.05, 0) is 13.8 Å². The Kier molecular flexibility index (Phi) is 5.77. The van der Waals surface area contributed by atoms with Crippen LogP contribution in [-0.2, 0) is 14.4 Å². The summed E-state index contributed by atoms with van der Waals surface area (Å²) in [6.07, 6.45) is -0.646. The van der Waals surface area contributed by atoms with Gasteiger partial charge in [-0.2, -0.15) is 0 Å². The lowest BCUT2D eigenvalue weighted by Crippen LogP contribution is -2.54. The van der Waals surface area contributed by atoms with Gasteiger partial charge in [0.2, 0.25) is 11.8 Å². The molecule has 0 aromatic heterocycles. The molecule has 0 saturated carbocycles. The van der Waals surface area contributed by atoms with E-state index >= 15 is 0 Å². The average Bonchev–Trinajstić information content (AvgIpc) is 2.11. The normalized spacial score (nSPS) is 12.3. The minimum absolute atomic E-state index is 0.117. The monoisotopic (exact) mass is 274 g/mol. The van der Waals surface area contributed by atoms with E-state index in [1.54, 1.807) is 13.8 Å². The Morgan fingerprint density at radius 1 is 1.16 bits per heavy atom. The number of amides is 4. The topological polar surface area (TPSA) is 165 Å². The summed E-state index contributed by atoms with van der Waals surface area (Å²) in [6.45, 7) is 3.09. The van der Waals surface area contributed by atoms with Crippen molar-refractivity contribution in [3.8, 4) is 0 Å². The molecule has 4 amide bonds. The van der Waals surface area contributed by atoms with Gasteiger partial charge in [0.05, 0.1) is 6.42 Å². The smallest absolute Gasteiger partial charge is 0.326 e. The van der Waals surface area contributed by atoms with E-state index in [2.05, 4.69) is 10.6 Å². The van der Waals surface area contributed by atoms with Crippen LogP contribution in [0, 0.1) is 0 Å². The summed E-state index contributed by atoms with van der Waals surface area (Å²) >= 11 is 0. The van der Waals surface area contributed by atoms with Gasteiger partial charge in [-0.1, -0.05) is 0 Å². The first-order valence-corrected chi connectivity index (χ1v) is 5.41. The third kappa shape index (κ3) is 7.58. The second-order valence-electron chi connectivity index (χ2n) is 4.69. The van der Waals surface area contributed by atoms with Crippen LogP contribution in [0.3, 0.4) is 0 Å². The van der Waals surface area contributed by atoms with E-state index in [4.69, 9.17) is 16.6 Å². The zero-order valence-electron chi connectivity index (χ0n) is 10.7. The van der Waals surface area contributed by atoms with Crippen molar-refractivity contribution >= 4 is 23.8 Å². The number of carbonyl (C=O) groups is 4. The molecule has 19 heavy (non-hydrogen) atoms. The van der Waals surface area contributed by atoms with Crippen LogP contribution in [0.2, 0.25) is 0 Å². The Bertz CT molecular complexity index is 393. The lowest BCUT2D eigenvalue weighted by atomic mass is 10.0. The zero-order chi connectivity index (χ0) is 15.2. The lowest BCUT2D eigenvalue weighted by Gasteiger charge is -2.25. The van der Waals surface area contributed by atoms with E-state index in [1.807, 2.05) is 0 Å². The molecule has 0 aliphatic rings. The van der Waals surface area contributed by atoms with E-state index in [0.29, 0.717) is 0 Å². The van der Waals surface area contributed by atoms with Gasteiger partial charge < -0.3 is 27.2 Å². The largest absolute Gasteiger partial charge is 0.480 e. The maximum absolute atomic E-state index is 11.5. The van der Waals surface area contributed by atoms with Crippen LogP contribution >= 0.6 is 0 Å². The van der Waals surface area contributed by atoms with E-state index in [1.165, 1.54) is 0 Å². The Morgan fingerprint density at radius 3 is 2.05 bits per heavy atom. The first-order chi connectivity index (χ1) is 8.53. The molecule has 9 heteroatoms. The van der Waals surface area contributed by atoms with E-state index in [0.717, 1.165) is 0 Å². The van der Waals surface area contributed by atoms with Crippen molar-refractivity contribution in [2.45, 2.75) is 38.3 Å².